The van der Waals surface area contributed by atoms with Crippen molar-refractivity contribution < 1.29 is 0 Å². The predicted octanol–water partition coefficient (Wildman–Crippen LogP) is -0.153. The fourth-order valence-corrected chi connectivity index (χ4v) is 1.64. The van der Waals surface area contributed by atoms with Gasteiger partial charge in [0.15, 0.2) is 0 Å². The highest BCUT2D eigenvalue weighted by Gasteiger charge is 2.16. The second-order valence-corrected chi connectivity index (χ2v) is 3.00. The van der Waals surface area contributed by atoms with Crippen LogP contribution in [0, 0.1) is 0 Å². The van der Waals surface area contributed by atoms with Gasteiger partial charge in [0, 0.05) is 26.2 Å². The molecule has 2 N–H and O–H groups in total. The molecule has 1 unspecified atom stereocenters. The van der Waals surface area contributed by atoms with Crippen LogP contribution in [0.3, 0.4) is 0 Å². The summed E-state index contributed by atoms with van der Waals surface area (Å²) in [6.45, 7) is 6.86. The van der Waals surface area contributed by atoms with Crippen molar-refractivity contribution in [1.29, 1.82) is 0 Å². The van der Waals surface area contributed by atoms with E-state index < -0.39 is 0 Å². The fraction of sp³-hybridized carbons (Fsp3) is 1.00. The first-order valence-corrected chi connectivity index (χ1v) is 4.50. The fourth-order valence-electron chi connectivity index (χ4n) is 1.64. The first-order valence-electron chi connectivity index (χ1n) is 4.50. The second kappa shape index (κ2) is 4.70. The summed E-state index contributed by atoms with van der Waals surface area (Å²) in [4.78, 5) is 2.50. The van der Waals surface area contributed by atoms with Crippen molar-refractivity contribution in [2.45, 2.75) is 19.5 Å². The molecule has 3 nitrogen and oxygen atoms in total. The molecule has 0 aliphatic carbocycles. The highest BCUT2D eigenvalue weighted by atomic mass is 15.3. The maximum atomic E-state index is 3.35. The van der Waals surface area contributed by atoms with Gasteiger partial charge in [0.1, 0.15) is 0 Å². The van der Waals surface area contributed by atoms with Crippen molar-refractivity contribution in [2.75, 3.05) is 33.2 Å². The molecule has 0 aromatic heterocycles. The molecular formula is C8H19N3. The molecule has 0 radical (unpaired) electrons. The molecule has 1 atom stereocenters. The van der Waals surface area contributed by atoms with Crippen LogP contribution in [0.25, 0.3) is 0 Å². The van der Waals surface area contributed by atoms with Crippen LogP contribution in [0.1, 0.15) is 13.3 Å². The standard InChI is InChI=1S/C8H19N3/c1-3-8(9-2)11-6-4-10-5-7-11/h8-10H,3-7H2,1-2H3. The third-order valence-electron chi connectivity index (χ3n) is 2.31. The molecule has 1 aliphatic heterocycles. The monoisotopic (exact) mass is 157 g/mol. The lowest BCUT2D eigenvalue weighted by Crippen LogP contribution is -2.52. The lowest BCUT2D eigenvalue weighted by Gasteiger charge is -2.34. The maximum Gasteiger partial charge on any atom is 0.0592 e. The van der Waals surface area contributed by atoms with E-state index in [9.17, 15) is 0 Å². The smallest absolute Gasteiger partial charge is 0.0592 e. The topological polar surface area (TPSA) is 27.3 Å². The summed E-state index contributed by atoms with van der Waals surface area (Å²) < 4.78 is 0. The van der Waals surface area contributed by atoms with Crippen LogP contribution in [-0.4, -0.2) is 44.3 Å². The molecule has 0 aromatic carbocycles. The number of hydrogen-bond donors (Lipinski definition) is 2. The minimum absolute atomic E-state index is 0.581. The Morgan fingerprint density at radius 1 is 1.45 bits per heavy atom. The summed E-state index contributed by atoms with van der Waals surface area (Å²) in [5, 5.41) is 6.67. The average Bonchev–Trinajstić information content (AvgIpc) is 2.09. The van der Waals surface area contributed by atoms with Gasteiger partial charge >= 0.3 is 0 Å². The summed E-state index contributed by atoms with van der Waals surface area (Å²) in [6.07, 6.45) is 1.77. The van der Waals surface area contributed by atoms with Gasteiger partial charge in [0.25, 0.3) is 0 Å². The summed E-state index contributed by atoms with van der Waals surface area (Å²) >= 11 is 0. The van der Waals surface area contributed by atoms with Crippen molar-refractivity contribution in [1.82, 2.24) is 15.5 Å². The van der Waals surface area contributed by atoms with Gasteiger partial charge in [-0.05, 0) is 13.5 Å². The molecule has 3 heteroatoms. The van der Waals surface area contributed by atoms with E-state index in [0.717, 1.165) is 13.1 Å². The number of rotatable bonds is 3. The van der Waals surface area contributed by atoms with E-state index in [1.807, 2.05) is 7.05 Å². The molecule has 11 heavy (non-hydrogen) atoms. The summed E-state index contributed by atoms with van der Waals surface area (Å²) in [5.74, 6) is 0. The van der Waals surface area contributed by atoms with Crippen molar-refractivity contribution in [3.8, 4) is 0 Å². The summed E-state index contributed by atoms with van der Waals surface area (Å²) in [5.41, 5.74) is 0. The predicted molar refractivity (Wildman–Crippen MR) is 47.6 cm³/mol. The lowest BCUT2D eigenvalue weighted by atomic mass is 10.3. The van der Waals surface area contributed by atoms with Crippen LogP contribution < -0.4 is 10.6 Å². The molecule has 0 aromatic rings. The highest BCUT2D eigenvalue weighted by Crippen LogP contribution is 2.00. The average molecular weight is 157 g/mol. The Bertz CT molecular complexity index is 95.5. The van der Waals surface area contributed by atoms with Crippen molar-refractivity contribution in [2.24, 2.45) is 0 Å². The normalized spacial score (nSPS) is 23.5. The summed E-state index contributed by atoms with van der Waals surface area (Å²) in [6, 6.07) is 0. The van der Waals surface area contributed by atoms with Crippen LogP contribution in [0.4, 0.5) is 0 Å². The van der Waals surface area contributed by atoms with Crippen molar-refractivity contribution >= 4 is 0 Å². The number of nitrogens with zero attached hydrogens (tertiary/aromatic N) is 1. The molecule has 0 saturated carbocycles. The highest BCUT2D eigenvalue weighted by molar-refractivity contribution is 4.72. The van der Waals surface area contributed by atoms with E-state index in [0.29, 0.717) is 6.17 Å². The van der Waals surface area contributed by atoms with Crippen LogP contribution in [0.2, 0.25) is 0 Å². The van der Waals surface area contributed by atoms with E-state index in [1.54, 1.807) is 0 Å². The SMILES string of the molecule is CCC(NC)N1CCNCC1. The Morgan fingerprint density at radius 3 is 2.55 bits per heavy atom. The molecule has 1 heterocycles. The minimum atomic E-state index is 0.581. The molecule has 0 spiro atoms. The van der Waals surface area contributed by atoms with Crippen molar-refractivity contribution in [3.05, 3.63) is 0 Å². The molecule has 1 saturated heterocycles. The third kappa shape index (κ3) is 2.43. The molecule has 1 aliphatic rings. The van der Waals surface area contributed by atoms with Gasteiger partial charge in [-0.1, -0.05) is 6.92 Å². The van der Waals surface area contributed by atoms with E-state index in [-0.39, 0.29) is 0 Å². The van der Waals surface area contributed by atoms with Crippen LogP contribution >= 0.6 is 0 Å². The Kier molecular flexibility index (Phi) is 3.83. The molecular weight excluding hydrogens is 138 g/mol. The molecule has 1 fully saturated rings. The van der Waals surface area contributed by atoms with E-state index in [2.05, 4.69) is 22.5 Å². The Labute approximate surface area is 69.1 Å². The van der Waals surface area contributed by atoms with E-state index in [4.69, 9.17) is 0 Å². The molecule has 0 bridgehead atoms. The van der Waals surface area contributed by atoms with E-state index >= 15 is 0 Å². The number of nitrogens with one attached hydrogen (secondary N) is 2. The maximum absolute atomic E-state index is 3.35. The molecule has 66 valence electrons. The Hall–Kier alpha value is -0.120. The van der Waals surface area contributed by atoms with Gasteiger partial charge < -0.3 is 10.6 Å². The van der Waals surface area contributed by atoms with Gasteiger partial charge in [-0.15, -0.1) is 0 Å². The van der Waals surface area contributed by atoms with Crippen LogP contribution in [-0.2, 0) is 0 Å². The first-order chi connectivity index (χ1) is 5.38. The second-order valence-electron chi connectivity index (χ2n) is 3.00. The molecule has 1 rings (SSSR count). The number of piperazine rings is 1. The van der Waals surface area contributed by atoms with E-state index in [1.165, 1.54) is 19.5 Å². The van der Waals surface area contributed by atoms with Gasteiger partial charge in [0.2, 0.25) is 0 Å². The van der Waals surface area contributed by atoms with Gasteiger partial charge in [-0.25, -0.2) is 0 Å². The quantitative estimate of drug-likeness (QED) is 0.596. The summed E-state index contributed by atoms with van der Waals surface area (Å²) in [7, 11) is 2.04. The van der Waals surface area contributed by atoms with Gasteiger partial charge in [0.05, 0.1) is 6.17 Å². The Morgan fingerprint density at radius 2 is 2.09 bits per heavy atom. The zero-order valence-corrected chi connectivity index (χ0v) is 7.56. The van der Waals surface area contributed by atoms with Crippen molar-refractivity contribution in [3.63, 3.8) is 0 Å². The third-order valence-corrected chi connectivity index (χ3v) is 2.31. The van der Waals surface area contributed by atoms with Crippen LogP contribution in [0.5, 0.6) is 0 Å². The minimum Gasteiger partial charge on any atom is -0.314 e. The van der Waals surface area contributed by atoms with Gasteiger partial charge in [-0.2, -0.15) is 0 Å². The Balaban J connectivity index is 2.30. The zero-order chi connectivity index (χ0) is 8.10. The number of hydrogen-bond acceptors (Lipinski definition) is 3. The first kappa shape index (κ1) is 8.97. The largest absolute Gasteiger partial charge is 0.314 e. The van der Waals surface area contributed by atoms with Crippen LogP contribution in [0.15, 0.2) is 0 Å². The van der Waals surface area contributed by atoms with Gasteiger partial charge in [-0.3, -0.25) is 4.90 Å². The zero-order valence-electron chi connectivity index (χ0n) is 7.56. The molecule has 0 amide bonds. The lowest BCUT2D eigenvalue weighted by molar-refractivity contribution is 0.148.